The molecule has 2 aromatic carbocycles. The van der Waals surface area contributed by atoms with Gasteiger partial charge in [-0.15, -0.1) is 11.3 Å². The number of hydrogen-bond acceptors (Lipinski definition) is 4. The van der Waals surface area contributed by atoms with Crippen LogP contribution in [0.4, 0.5) is 0 Å². The van der Waals surface area contributed by atoms with Gasteiger partial charge in [0.15, 0.2) is 0 Å². The van der Waals surface area contributed by atoms with E-state index in [9.17, 15) is 4.79 Å². The third-order valence-corrected chi connectivity index (χ3v) is 5.32. The van der Waals surface area contributed by atoms with Crippen LogP contribution in [0.5, 0.6) is 0 Å². The molecular weight excluding hydrogens is 344 g/mol. The highest BCUT2D eigenvalue weighted by Crippen LogP contribution is 2.29. The van der Waals surface area contributed by atoms with Crippen molar-refractivity contribution in [2.75, 3.05) is 0 Å². The van der Waals surface area contributed by atoms with Gasteiger partial charge in [-0.2, -0.15) is 0 Å². The molecule has 0 aliphatic heterocycles. The summed E-state index contributed by atoms with van der Waals surface area (Å²) >= 11 is 1.56. The molecule has 4 nitrogen and oxygen atoms in total. The Labute approximate surface area is 155 Å². The van der Waals surface area contributed by atoms with E-state index in [0.29, 0.717) is 0 Å². The van der Waals surface area contributed by atoms with E-state index < -0.39 is 0 Å². The predicted molar refractivity (Wildman–Crippen MR) is 106 cm³/mol. The van der Waals surface area contributed by atoms with Crippen molar-refractivity contribution in [2.45, 2.75) is 19.9 Å². The van der Waals surface area contributed by atoms with E-state index in [1.807, 2.05) is 62.4 Å². The lowest BCUT2D eigenvalue weighted by Gasteiger charge is -2.10. The first kappa shape index (κ1) is 16.5. The quantitative estimate of drug-likeness (QED) is 0.505. The second-order valence-corrected chi connectivity index (χ2v) is 7.23. The zero-order valence-corrected chi connectivity index (χ0v) is 15.3. The van der Waals surface area contributed by atoms with Crippen molar-refractivity contribution in [1.29, 1.82) is 0 Å². The Hall–Kier alpha value is -2.92. The van der Waals surface area contributed by atoms with Crippen molar-refractivity contribution in [2.24, 2.45) is 0 Å². The van der Waals surface area contributed by atoms with Crippen molar-refractivity contribution in [3.05, 3.63) is 70.9 Å². The van der Waals surface area contributed by atoms with Crippen LogP contribution in [0, 0.1) is 6.92 Å². The first-order chi connectivity index (χ1) is 12.6. The highest BCUT2D eigenvalue weighted by Gasteiger charge is 2.17. The second kappa shape index (κ2) is 6.77. The summed E-state index contributed by atoms with van der Waals surface area (Å²) in [6, 6.07) is 15.6. The van der Waals surface area contributed by atoms with Gasteiger partial charge in [0.25, 0.3) is 0 Å². The van der Waals surface area contributed by atoms with E-state index >= 15 is 0 Å². The van der Waals surface area contributed by atoms with Gasteiger partial charge in [0, 0.05) is 17.0 Å². The number of aromatic nitrogens is 1. The van der Waals surface area contributed by atoms with E-state index in [1.165, 1.54) is 6.08 Å². The maximum absolute atomic E-state index is 12.3. The molecule has 0 aliphatic carbocycles. The number of carbonyl (C=O) groups is 1. The van der Waals surface area contributed by atoms with Gasteiger partial charge in [-0.3, -0.25) is 4.79 Å². The fraction of sp³-hybridized carbons (Fsp3) is 0.143. The number of nitrogens with zero attached hydrogens (tertiary/aromatic N) is 1. The summed E-state index contributed by atoms with van der Waals surface area (Å²) in [6.45, 7) is 3.94. The Kier molecular flexibility index (Phi) is 4.31. The largest absolute Gasteiger partial charge is 0.459 e. The molecular formula is C21H18N2O2S. The Balaban J connectivity index is 1.49. The molecule has 1 atom stereocenters. The number of hydrogen-bond donors (Lipinski definition) is 1. The fourth-order valence-electron chi connectivity index (χ4n) is 3.04. The van der Waals surface area contributed by atoms with Crippen LogP contribution >= 0.6 is 11.3 Å². The van der Waals surface area contributed by atoms with Gasteiger partial charge < -0.3 is 9.73 Å². The first-order valence-corrected chi connectivity index (χ1v) is 9.25. The molecule has 0 fully saturated rings. The second-order valence-electron chi connectivity index (χ2n) is 6.17. The van der Waals surface area contributed by atoms with Gasteiger partial charge in [-0.05, 0) is 38.1 Å². The maximum atomic E-state index is 12.3. The molecule has 1 N–H and O–H groups in total. The molecule has 4 rings (SSSR count). The van der Waals surface area contributed by atoms with E-state index in [0.717, 1.165) is 37.5 Å². The Bertz CT molecular complexity index is 1090. The number of fused-ring (bicyclic) bond motifs is 2. The minimum atomic E-state index is -0.213. The van der Waals surface area contributed by atoms with Crippen LogP contribution in [0.1, 0.15) is 29.3 Å². The van der Waals surface area contributed by atoms with Crippen molar-refractivity contribution in [3.63, 3.8) is 0 Å². The molecule has 0 aliphatic rings. The zero-order chi connectivity index (χ0) is 18.1. The number of benzene rings is 2. The molecule has 0 spiro atoms. The molecule has 0 radical (unpaired) electrons. The summed E-state index contributed by atoms with van der Waals surface area (Å²) in [7, 11) is 0. The molecule has 0 saturated carbocycles. The summed E-state index contributed by atoms with van der Waals surface area (Å²) in [4.78, 5) is 16.8. The lowest BCUT2D eigenvalue weighted by atomic mass is 10.1. The summed E-state index contributed by atoms with van der Waals surface area (Å²) in [5, 5.41) is 4.85. The molecule has 1 amide bonds. The number of aryl methyl sites for hydroxylation is 1. The van der Waals surface area contributed by atoms with Crippen LogP contribution in [-0.2, 0) is 4.79 Å². The molecule has 2 heterocycles. The van der Waals surface area contributed by atoms with Crippen molar-refractivity contribution >= 4 is 44.5 Å². The first-order valence-electron chi connectivity index (χ1n) is 8.44. The van der Waals surface area contributed by atoms with Crippen LogP contribution in [0.15, 0.2) is 59.0 Å². The standard InChI is InChI=1S/C21H18N2O2S/c1-13-15-7-3-5-9-17(15)25-21(13)14(2)22-19(24)11-12-20-23-16-8-4-6-10-18(16)26-20/h3-12,14H,1-2H3,(H,22,24)/b12-11+. The lowest BCUT2D eigenvalue weighted by Crippen LogP contribution is -2.24. The lowest BCUT2D eigenvalue weighted by molar-refractivity contribution is -0.117. The number of thiazole rings is 1. The van der Waals surface area contributed by atoms with Gasteiger partial charge in [-0.25, -0.2) is 4.98 Å². The van der Waals surface area contributed by atoms with E-state index in [2.05, 4.69) is 10.3 Å². The van der Waals surface area contributed by atoms with Gasteiger partial charge in [0.2, 0.25) is 5.91 Å². The van der Waals surface area contributed by atoms with Gasteiger partial charge in [0.05, 0.1) is 16.3 Å². The van der Waals surface area contributed by atoms with E-state index in [-0.39, 0.29) is 11.9 Å². The number of furan rings is 1. The topological polar surface area (TPSA) is 55.1 Å². The van der Waals surface area contributed by atoms with Crippen molar-refractivity contribution in [1.82, 2.24) is 10.3 Å². The number of carbonyl (C=O) groups excluding carboxylic acids is 1. The minimum absolute atomic E-state index is 0.170. The Morgan fingerprint density at radius 1 is 1.19 bits per heavy atom. The molecule has 0 saturated heterocycles. The maximum Gasteiger partial charge on any atom is 0.244 e. The highest BCUT2D eigenvalue weighted by molar-refractivity contribution is 7.19. The van der Waals surface area contributed by atoms with Crippen LogP contribution in [0.2, 0.25) is 0 Å². The summed E-state index contributed by atoms with van der Waals surface area (Å²) in [6.07, 6.45) is 3.27. The SMILES string of the molecule is Cc1c(C(C)NC(=O)/C=C/c2nc3ccccc3s2)oc2ccccc12. The Morgan fingerprint density at radius 2 is 1.96 bits per heavy atom. The smallest absolute Gasteiger partial charge is 0.244 e. The summed E-state index contributed by atoms with van der Waals surface area (Å²) in [5.74, 6) is 0.615. The fourth-order valence-corrected chi connectivity index (χ4v) is 3.91. The van der Waals surface area contributed by atoms with Crippen LogP contribution in [0.3, 0.4) is 0 Å². The average Bonchev–Trinajstić information content (AvgIpc) is 3.21. The molecule has 130 valence electrons. The average molecular weight is 362 g/mol. The summed E-state index contributed by atoms with van der Waals surface area (Å²) in [5.41, 5.74) is 2.85. The van der Waals surface area contributed by atoms with Crippen molar-refractivity contribution in [3.8, 4) is 0 Å². The molecule has 5 heteroatoms. The number of para-hydroxylation sites is 2. The molecule has 26 heavy (non-hydrogen) atoms. The third-order valence-electron chi connectivity index (χ3n) is 4.32. The van der Waals surface area contributed by atoms with Crippen LogP contribution < -0.4 is 5.32 Å². The molecule has 4 aromatic rings. The number of amides is 1. The molecule has 0 bridgehead atoms. The highest BCUT2D eigenvalue weighted by atomic mass is 32.1. The van der Waals surface area contributed by atoms with Crippen LogP contribution in [-0.4, -0.2) is 10.9 Å². The third kappa shape index (κ3) is 3.13. The Morgan fingerprint density at radius 3 is 2.77 bits per heavy atom. The van der Waals surface area contributed by atoms with Gasteiger partial charge in [0.1, 0.15) is 16.4 Å². The van der Waals surface area contributed by atoms with Crippen molar-refractivity contribution < 1.29 is 9.21 Å². The molecule has 1 unspecified atom stereocenters. The number of nitrogens with one attached hydrogen (secondary N) is 1. The zero-order valence-electron chi connectivity index (χ0n) is 14.5. The van der Waals surface area contributed by atoms with E-state index in [4.69, 9.17) is 4.42 Å². The predicted octanol–water partition coefficient (Wildman–Crippen LogP) is 5.24. The van der Waals surface area contributed by atoms with Gasteiger partial charge in [-0.1, -0.05) is 30.3 Å². The summed E-state index contributed by atoms with van der Waals surface area (Å²) < 4.78 is 7.03. The van der Waals surface area contributed by atoms with Crippen LogP contribution in [0.25, 0.3) is 27.3 Å². The number of rotatable bonds is 4. The minimum Gasteiger partial charge on any atom is -0.459 e. The normalized spacial score (nSPS) is 12.8. The molecule has 2 aromatic heterocycles. The van der Waals surface area contributed by atoms with Gasteiger partial charge >= 0.3 is 0 Å². The van der Waals surface area contributed by atoms with E-state index in [1.54, 1.807) is 17.4 Å². The monoisotopic (exact) mass is 362 g/mol.